The highest BCUT2D eigenvalue weighted by Gasteiger charge is 2.32. The largest absolute Gasteiger partial charge is 0.480 e. The maximum absolute atomic E-state index is 13.1. The lowest BCUT2D eigenvalue weighted by Gasteiger charge is -2.29. The monoisotopic (exact) mass is 534 g/mol. The fraction of sp³-hybridized carbons (Fsp3) is 0.156. The van der Waals surface area contributed by atoms with Crippen LogP contribution in [-0.4, -0.2) is 35.7 Å². The number of carboxylic acids is 1. The highest BCUT2D eigenvalue weighted by molar-refractivity contribution is 5.87. The molecule has 6 rings (SSSR count). The van der Waals surface area contributed by atoms with Crippen molar-refractivity contribution in [2.45, 2.75) is 24.4 Å². The van der Waals surface area contributed by atoms with Crippen LogP contribution in [-0.2, 0) is 14.3 Å². The molecule has 1 aliphatic carbocycles. The van der Waals surface area contributed by atoms with Crippen LogP contribution in [0, 0.1) is 0 Å². The van der Waals surface area contributed by atoms with Crippen molar-refractivity contribution in [3.63, 3.8) is 0 Å². The smallest absolute Gasteiger partial charge is 0.407 e. The molecule has 1 atom stereocenters. The molecule has 2 amide bonds. The zero-order chi connectivity index (χ0) is 27.6. The average Bonchev–Trinajstić information content (AvgIpc) is 3.29. The second-order valence-corrected chi connectivity index (χ2v) is 9.74. The van der Waals surface area contributed by atoms with Gasteiger partial charge in [-0.2, -0.15) is 0 Å². The van der Waals surface area contributed by atoms with E-state index in [0.29, 0.717) is 11.5 Å². The molecule has 1 unspecified atom stereocenters. The minimum atomic E-state index is -1.47. The highest BCUT2D eigenvalue weighted by Crippen LogP contribution is 2.45. The van der Waals surface area contributed by atoms with Crippen LogP contribution in [0.2, 0.25) is 0 Å². The Morgan fingerprint density at radius 3 is 1.80 bits per heavy atom. The minimum Gasteiger partial charge on any atom is -0.480 e. The summed E-state index contributed by atoms with van der Waals surface area (Å²) in [4.78, 5) is 37.7. The highest BCUT2D eigenvalue weighted by atomic mass is 16.5. The van der Waals surface area contributed by atoms with Crippen LogP contribution in [0.1, 0.15) is 40.6 Å². The van der Waals surface area contributed by atoms with E-state index in [1.807, 2.05) is 97.1 Å². The Morgan fingerprint density at radius 1 is 0.750 bits per heavy atom. The van der Waals surface area contributed by atoms with Gasteiger partial charge >= 0.3 is 12.1 Å². The first-order valence-electron chi connectivity index (χ1n) is 13.0. The molecule has 0 bridgehead atoms. The van der Waals surface area contributed by atoms with Gasteiger partial charge in [0.15, 0.2) is 0 Å². The lowest BCUT2D eigenvalue weighted by atomic mass is 9.94. The standard InChI is InChI=1S/C32H26N2O6/c35-29(34-30-23-13-5-7-15-27(23)40-28-16-8-6-14-24(28)30)17-26(31(36)37)33-32(38)39-18-25-21-11-3-1-9-19(21)20-10-2-4-12-22(20)25/h1-16,25-26,30H,17-18H2,(H,33,38)(H,34,35)(H,36,37). The van der Waals surface area contributed by atoms with Gasteiger partial charge in [0.25, 0.3) is 0 Å². The molecular weight excluding hydrogens is 508 g/mol. The van der Waals surface area contributed by atoms with Crippen molar-refractivity contribution in [2.75, 3.05) is 6.61 Å². The van der Waals surface area contributed by atoms with Gasteiger partial charge in [-0.25, -0.2) is 9.59 Å². The van der Waals surface area contributed by atoms with Crippen molar-refractivity contribution in [2.24, 2.45) is 0 Å². The van der Waals surface area contributed by atoms with Crippen LogP contribution >= 0.6 is 0 Å². The number of carbonyl (C=O) groups excluding carboxylic acids is 2. The average molecular weight is 535 g/mol. The minimum absolute atomic E-state index is 0.0358. The SMILES string of the molecule is O=C(CC(NC(=O)OCC1c2ccccc2-c2ccccc21)C(=O)O)NC1c2ccccc2Oc2ccccc21. The summed E-state index contributed by atoms with van der Waals surface area (Å²) in [6.45, 7) is 0.0358. The van der Waals surface area contributed by atoms with Gasteiger partial charge in [-0.1, -0.05) is 84.9 Å². The quantitative estimate of drug-likeness (QED) is 0.293. The number of fused-ring (bicyclic) bond motifs is 5. The molecule has 4 aromatic rings. The number of benzene rings is 4. The fourth-order valence-electron chi connectivity index (χ4n) is 5.45. The van der Waals surface area contributed by atoms with E-state index in [0.717, 1.165) is 33.4 Å². The zero-order valence-corrected chi connectivity index (χ0v) is 21.4. The Labute approximate surface area is 230 Å². The van der Waals surface area contributed by atoms with Crippen molar-refractivity contribution in [1.82, 2.24) is 10.6 Å². The molecule has 40 heavy (non-hydrogen) atoms. The van der Waals surface area contributed by atoms with Gasteiger partial charge in [-0.15, -0.1) is 0 Å². The summed E-state index contributed by atoms with van der Waals surface area (Å²) in [5.74, 6) is -0.825. The maximum atomic E-state index is 13.1. The first-order valence-corrected chi connectivity index (χ1v) is 13.0. The third kappa shape index (κ3) is 4.75. The number of rotatable bonds is 7. The number of ether oxygens (including phenoxy) is 2. The van der Waals surface area contributed by atoms with Crippen molar-refractivity contribution < 1.29 is 29.0 Å². The van der Waals surface area contributed by atoms with Gasteiger partial charge in [-0.05, 0) is 34.4 Å². The zero-order valence-electron chi connectivity index (χ0n) is 21.4. The molecule has 0 saturated carbocycles. The Balaban J connectivity index is 1.12. The summed E-state index contributed by atoms with van der Waals surface area (Å²) >= 11 is 0. The number of amides is 2. The van der Waals surface area contributed by atoms with E-state index >= 15 is 0 Å². The lowest BCUT2D eigenvalue weighted by Crippen LogP contribution is -2.45. The summed E-state index contributed by atoms with van der Waals surface area (Å²) in [5.41, 5.74) is 5.77. The van der Waals surface area contributed by atoms with Crippen LogP contribution in [0.15, 0.2) is 97.1 Å². The number of nitrogens with one attached hydrogen (secondary N) is 2. The maximum Gasteiger partial charge on any atom is 0.407 e. The third-order valence-corrected chi connectivity index (χ3v) is 7.31. The summed E-state index contributed by atoms with van der Waals surface area (Å²) in [7, 11) is 0. The summed E-state index contributed by atoms with van der Waals surface area (Å²) in [6.07, 6.45) is -1.37. The summed E-state index contributed by atoms with van der Waals surface area (Å²) < 4.78 is 11.4. The number of carboxylic acid groups (broad SMARTS) is 1. The van der Waals surface area contributed by atoms with Crippen LogP contribution in [0.25, 0.3) is 11.1 Å². The van der Waals surface area contributed by atoms with Gasteiger partial charge in [0, 0.05) is 17.0 Å². The van der Waals surface area contributed by atoms with E-state index in [-0.39, 0.29) is 12.5 Å². The number of aliphatic carboxylic acids is 1. The topological polar surface area (TPSA) is 114 Å². The van der Waals surface area contributed by atoms with E-state index in [1.54, 1.807) is 0 Å². The van der Waals surface area contributed by atoms with Gasteiger partial charge in [-0.3, -0.25) is 4.79 Å². The van der Waals surface area contributed by atoms with Crippen LogP contribution in [0.3, 0.4) is 0 Å². The van der Waals surface area contributed by atoms with Gasteiger partial charge in [0.1, 0.15) is 24.1 Å². The Kier molecular flexibility index (Phi) is 6.66. The Bertz CT molecular complexity index is 1530. The van der Waals surface area contributed by atoms with Gasteiger partial charge in [0.05, 0.1) is 12.5 Å². The number of hydrogen-bond acceptors (Lipinski definition) is 5. The number of carbonyl (C=O) groups is 3. The first-order chi connectivity index (χ1) is 19.5. The molecule has 1 heterocycles. The number of alkyl carbamates (subject to hydrolysis) is 1. The molecule has 0 fully saturated rings. The molecule has 1 aliphatic heterocycles. The Hall–Kier alpha value is -5.11. The van der Waals surface area contributed by atoms with E-state index < -0.39 is 36.5 Å². The molecule has 0 radical (unpaired) electrons. The molecule has 0 saturated heterocycles. The third-order valence-electron chi connectivity index (χ3n) is 7.31. The van der Waals surface area contributed by atoms with Crippen LogP contribution in [0.4, 0.5) is 4.79 Å². The van der Waals surface area contributed by atoms with Gasteiger partial charge < -0.3 is 25.2 Å². The van der Waals surface area contributed by atoms with Crippen molar-refractivity contribution >= 4 is 18.0 Å². The summed E-state index contributed by atoms with van der Waals surface area (Å²) in [6, 6.07) is 28.5. The normalized spacial score (nSPS) is 14.0. The first kappa shape index (κ1) is 25.2. The molecular formula is C32H26N2O6. The van der Waals surface area contributed by atoms with E-state index in [4.69, 9.17) is 9.47 Å². The van der Waals surface area contributed by atoms with E-state index in [1.165, 1.54) is 0 Å². The molecule has 8 nitrogen and oxygen atoms in total. The summed E-state index contributed by atoms with van der Waals surface area (Å²) in [5, 5.41) is 15.0. The molecule has 8 heteroatoms. The fourth-order valence-corrected chi connectivity index (χ4v) is 5.45. The molecule has 0 spiro atoms. The second-order valence-electron chi connectivity index (χ2n) is 9.74. The molecule has 2 aliphatic rings. The molecule has 0 aromatic heterocycles. The molecule has 200 valence electrons. The van der Waals surface area contributed by atoms with E-state index in [2.05, 4.69) is 10.6 Å². The second kappa shape index (κ2) is 10.6. The van der Waals surface area contributed by atoms with Crippen molar-refractivity contribution in [3.05, 3.63) is 119 Å². The predicted molar refractivity (Wildman–Crippen MR) is 147 cm³/mol. The molecule has 3 N–H and O–H groups in total. The van der Waals surface area contributed by atoms with Crippen molar-refractivity contribution in [3.8, 4) is 22.6 Å². The Morgan fingerprint density at radius 2 is 1.25 bits per heavy atom. The van der Waals surface area contributed by atoms with Crippen molar-refractivity contribution in [1.29, 1.82) is 0 Å². The van der Waals surface area contributed by atoms with Gasteiger partial charge in [0.2, 0.25) is 5.91 Å². The predicted octanol–water partition coefficient (Wildman–Crippen LogP) is 5.38. The van der Waals surface area contributed by atoms with E-state index in [9.17, 15) is 19.5 Å². The molecule has 4 aromatic carbocycles. The number of para-hydroxylation sites is 2. The number of hydrogen-bond donors (Lipinski definition) is 3. The lowest BCUT2D eigenvalue weighted by molar-refractivity contribution is -0.141. The van der Waals surface area contributed by atoms with Crippen LogP contribution < -0.4 is 15.4 Å². The van der Waals surface area contributed by atoms with Crippen LogP contribution in [0.5, 0.6) is 11.5 Å².